The van der Waals surface area contributed by atoms with E-state index in [0.717, 1.165) is 81.6 Å². The van der Waals surface area contributed by atoms with Gasteiger partial charge in [0.25, 0.3) is 0 Å². The first-order chi connectivity index (χ1) is 18.0. The number of ether oxygens (including phenoxy) is 1. The molecule has 3 aliphatic rings. The summed E-state index contributed by atoms with van der Waals surface area (Å²) in [6.45, 7) is 3.11. The molecule has 2 aromatic rings. The fraction of sp³-hybridized carbons (Fsp3) is 0.533. The second kappa shape index (κ2) is 11.7. The highest BCUT2D eigenvalue weighted by molar-refractivity contribution is 5.98. The van der Waals surface area contributed by atoms with Crippen molar-refractivity contribution in [3.63, 3.8) is 0 Å². The highest BCUT2D eigenvalue weighted by Gasteiger charge is 2.30. The molecule has 1 saturated carbocycles. The second-order valence-corrected chi connectivity index (χ2v) is 10.9. The zero-order chi connectivity index (χ0) is 25.8. The van der Waals surface area contributed by atoms with Gasteiger partial charge in [-0.3, -0.25) is 9.59 Å². The maximum Gasteiger partial charge on any atom is 0.227 e. The monoisotopic (exact) mass is 510 g/mol. The highest BCUT2D eigenvalue weighted by Crippen LogP contribution is 2.30. The van der Waals surface area contributed by atoms with Gasteiger partial charge in [-0.1, -0.05) is 18.2 Å². The van der Waals surface area contributed by atoms with Gasteiger partial charge in [0.2, 0.25) is 5.91 Å². The molecule has 1 amide bonds. The summed E-state index contributed by atoms with van der Waals surface area (Å²) in [6, 6.07) is 11.4. The first-order valence-electron chi connectivity index (χ1n) is 13.7. The number of likely N-dealkylation sites (tertiary alicyclic amines) is 1. The summed E-state index contributed by atoms with van der Waals surface area (Å²) in [5.74, 6) is -0.296. The van der Waals surface area contributed by atoms with Crippen LogP contribution in [-0.4, -0.2) is 48.9 Å². The summed E-state index contributed by atoms with van der Waals surface area (Å²) in [4.78, 5) is 27.9. The molecule has 0 aromatic heterocycles. The van der Waals surface area contributed by atoms with Crippen LogP contribution < -0.4 is 10.1 Å². The van der Waals surface area contributed by atoms with Crippen molar-refractivity contribution >= 4 is 11.7 Å². The molecule has 5 nitrogen and oxygen atoms in total. The third-order valence-electron chi connectivity index (χ3n) is 8.45. The molecule has 2 aromatic carbocycles. The molecule has 0 bridgehead atoms. The number of rotatable bonds is 7. The van der Waals surface area contributed by atoms with Gasteiger partial charge in [-0.2, -0.15) is 0 Å². The average Bonchev–Trinajstić information content (AvgIpc) is 2.92. The van der Waals surface area contributed by atoms with E-state index in [1.807, 2.05) is 24.3 Å². The van der Waals surface area contributed by atoms with Gasteiger partial charge in [0.15, 0.2) is 5.78 Å². The minimum Gasteiger partial charge on any atom is -0.492 e. The quantitative estimate of drug-likeness (QED) is 0.522. The molecular formula is C30H36F2N2O3. The van der Waals surface area contributed by atoms with Crippen LogP contribution in [0.25, 0.3) is 0 Å². The van der Waals surface area contributed by atoms with E-state index in [2.05, 4.69) is 10.2 Å². The molecule has 7 heteroatoms. The van der Waals surface area contributed by atoms with Crippen molar-refractivity contribution in [1.82, 2.24) is 10.2 Å². The lowest BCUT2D eigenvalue weighted by Gasteiger charge is -2.34. The van der Waals surface area contributed by atoms with Crippen LogP contribution in [0.2, 0.25) is 0 Å². The fourth-order valence-corrected chi connectivity index (χ4v) is 6.10. The van der Waals surface area contributed by atoms with E-state index in [0.29, 0.717) is 25.4 Å². The maximum absolute atomic E-state index is 14.0. The molecule has 2 fully saturated rings. The molecule has 1 atom stereocenters. The molecule has 198 valence electrons. The van der Waals surface area contributed by atoms with Gasteiger partial charge >= 0.3 is 0 Å². The lowest BCUT2D eigenvalue weighted by atomic mass is 9.83. The van der Waals surface area contributed by atoms with Gasteiger partial charge in [-0.05, 0) is 101 Å². The summed E-state index contributed by atoms with van der Waals surface area (Å²) in [5, 5.41) is 3.27. The number of halogens is 2. The van der Waals surface area contributed by atoms with Crippen molar-refractivity contribution in [3.8, 4) is 5.75 Å². The SMILES string of the molecule is O=C(NC1CCC(CCN2CCC(C(=O)c3ccc(F)cc3F)CC2)CC1)C1COc2ccccc2C1. The molecule has 1 saturated heterocycles. The molecule has 0 spiro atoms. The molecule has 2 aliphatic heterocycles. The summed E-state index contributed by atoms with van der Waals surface area (Å²) in [7, 11) is 0. The van der Waals surface area contributed by atoms with Crippen LogP contribution in [-0.2, 0) is 11.2 Å². The number of Topliss-reactive ketones (excluding diaryl/α,β-unsaturated/α-hetero) is 1. The average molecular weight is 511 g/mol. The number of ketones is 1. The number of carbonyl (C=O) groups is 2. The van der Waals surface area contributed by atoms with Gasteiger partial charge < -0.3 is 15.0 Å². The predicted octanol–water partition coefficient (Wildman–Crippen LogP) is 5.18. The molecular weight excluding hydrogens is 474 g/mol. The van der Waals surface area contributed by atoms with Gasteiger partial charge in [-0.25, -0.2) is 8.78 Å². The number of hydrogen-bond donors (Lipinski definition) is 1. The number of nitrogens with one attached hydrogen (secondary N) is 1. The normalized spacial score (nSPS) is 24.6. The lowest BCUT2D eigenvalue weighted by Crippen LogP contribution is -2.44. The summed E-state index contributed by atoms with van der Waals surface area (Å²) in [5.41, 5.74) is 1.11. The first kappa shape index (κ1) is 25.8. The number of carbonyl (C=O) groups excluding carboxylic acids is 2. The number of amides is 1. The Labute approximate surface area is 217 Å². The van der Waals surface area contributed by atoms with Crippen LogP contribution in [0, 0.1) is 29.4 Å². The van der Waals surface area contributed by atoms with Crippen molar-refractivity contribution in [3.05, 3.63) is 65.2 Å². The van der Waals surface area contributed by atoms with Crippen LogP contribution in [0.4, 0.5) is 8.78 Å². The van der Waals surface area contributed by atoms with Crippen molar-refractivity contribution < 1.29 is 23.1 Å². The third-order valence-corrected chi connectivity index (χ3v) is 8.45. The second-order valence-electron chi connectivity index (χ2n) is 10.9. The standard InChI is InChI=1S/C30H36F2N2O3/c31-24-7-10-26(27(32)18-24)29(35)21-12-15-34(16-13-21)14-11-20-5-8-25(9-6-20)33-30(36)23-17-22-3-1-2-4-28(22)37-19-23/h1-4,7,10,18,20-21,23,25H,5-6,8-9,11-17,19H2,(H,33,36). The largest absolute Gasteiger partial charge is 0.492 e. The Morgan fingerprint density at radius 2 is 1.70 bits per heavy atom. The van der Waals surface area contributed by atoms with Crippen molar-refractivity contribution in [1.29, 1.82) is 0 Å². The Bertz CT molecular complexity index is 1110. The van der Waals surface area contributed by atoms with Crippen molar-refractivity contribution in [2.75, 3.05) is 26.2 Å². The van der Waals surface area contributed by atoms with Gasteiger partial charge in [0, 0.05) is 18.0 Å². The van der Waals surface area contributed by atoms with E-state index in [1.54, 1.807) is 0 Å². The number of benzene rings is 2. The summed E-state index contributed by atoms with van der Waals surface area (Å²) < 4.78 is 33.0. The molecule has 1 aliphatic carbocycles. The zero-order valence-electron chi connectivity index (χ0n) is 21.3. The van der Waals surface area contributed by atoms with E-state index >= 15 is 0 Å². The van der Waals surface area contributed by atoms with Crippen LogP contribution in [0.1, 0.15) is 60.9 Å². The Balaban J connectivity index is 0.994. The summed E-state index contributed by atoms with van der Waals surface area (Å²) >= 11 is 0. The smallest absolute Gasteiger partial charge is 0.227 e. The Morgan fingerprint density at radius 1 is 0.946 bits per heavy atom. The van der Waals surface area contributed by atoms with Gasteiger partial charge in [0.05, 0.1) is 11.5 Å². The Morgan fingerprint density at radius 3 is 2.46 bits per heavy atom. The number of fused-ring (bicyclic) bond motifs is 1. The summed E-state index contributed by atoms with van der Waals surface area (Å²) in [6.07, 6.45) is 7.55. The maximum atomic E-state index is 14.0. The molecule has 1 unspecified atom stereocenters. The zero-order valence-corrected chi connectivity index (χ0v) is 21.3. The third kappa shape index (κ3) is 6.38. The van der Waals surface area contributed by atoms with Crippen LogP contribution in [0.15, 0.2) is 42.5 Å². The van der Waals surface area contributed by atoms with E-state index < -0.39 is 11.6 Å². The number of nitrogens with zero attached hydrogens (tertiary/aromatic N) is 1. The first-order valence-corrected chi connectivity index (χ1v) is 13.7. The molecule has 2 heterocycles. The molecule has 5 rings (SSSR count). The van der Waals surface area contributed by atoms with Crippen molar-refractivity contribution in [2.45, 2.75) is 57.4 Å². The van der Waals surface area contributed by atoms with Crippen LogP contribution in [0.5, 0.6) is 5.75 Å². The predicted molar refractivity (Wildman–Crippen MR) is 137 cm³/mol. The minimum absolute atomic E-state index is 0.00419. The van der Waals surface area contributed by atoms with Crippen LogP contribution >= 0.6 is 0 Å². The highest BCUT2D eigenvalue weighted by atomic mass is 19.1. The molecule has 0 radical (unpaired) electrons. The fourth-order valence-electron chi connectivity index (χ4n) is 6.10. The minimum atomic E-state index is -0.767. The molecule has 1 N–H and O–H groups in total. The molecule has 37 heavy (non-hydrogen) atoms. The number of para-hydroxylation sites is 1. The van der Waals surface area contributed by atoms with Crippen molar-refractivity contribution in [2.24, 2.45) is 17.8 Å². The van der Waals surface area contributed by atoms with E-state index in [9.17, 15) is 18.4 Å². The Hall–Kier alpha value is -2.80. The van der Waals surface area contributed by atoms with E-state index in [1.165, 1.54) is 6.07 Å². The van der Waals surface area contributed by atoms with Gasteiger partial charge in [-0.15, -0.1) is 0 Å². The van der Waals surface area contributed by atoms with Gasteiger partial charge in [0.1, 0.15) is 24.0 Å². The number of piperidine rings is 1. The van der Waals surface area contributed by atoms with E-state index in [4.69, 9.17) is 4.74 Å². The Kier molecular flexibility index (Phi) is 8.18. The van der Waals surface area contributed by atoms with E-state index in [-0.39, 0.29) is 35.1 Å². The topological polar surface area (TPSA) is 58.6 Å². The lowest BCUT2D eigenvalue weighted by molar-refractivity contribution is -0.127. The number of hydrogen-bond acceptors (Lipinski definition) is 4. The van der Waals surface area contributed by atoms with Crippen LogP contribution in [0.3, 0.4) is 0 Å².